The zero-order chi connectivity index (χ0) is 25.9. The maximum absolute atomic E-state index is 14.2. The van der Waals surface area contributed by atoms with Crippen molar-refractivity contribution in [1.82, 2.24) is 15.0 Å². The zero-order valence-electron chi connectivity index (χ0n) is 22.5. The monoisotopic (exact) mass is 513 g/mol. The van der Waals surface area contributed by atoms with E-state index in [2.05, 4.69) is 31.0 Å². The van der Waals surface area contributed by atoms with Crippen LogP contribution in [0.25, 0.3) is 11.0 Å². The van der Waals surface area contributed by atoms with Gasteiger partial charge in [-0.3, -0.25) is 4.79 Å². The van der Waals surface area contributed by atoms with Gasteiger partial charge in [-0.25, -0.2) is 8.78 Å². The quantitative estimate of drug-likeness (QED) is 0.437. The maximum atomic E-state index is 14.2. The van der Waals surface area contributed by atoms with Crippen LogP contribution in [-0.2, 0) is 16.1 Å². The summed E-state index contributed by atoms with van der Waals surface area (Å²) in [5, 5.41) is 8.39. The van der Waals surface area contributed by atoms with Crippen LogP contribution < -0.4 is 0 Å². The van der Waals surface area contributed by atoms with Crippen molar-refractivity contribution in [1.29, 1.82) is 0 Å². The number of benzene rings is 1. The predicted molar refractivity (Wildman–Crippen MR) is 138 cm³/mol. The number of carbonyl (C=O) groups excluding carboxylic acids is 1. The summed E-state index contributed by atoms with van der Waals surface area (Å²) in [7, 11) is 0. The second-order valence-corrected chi connectivity index (χ2v) is 13.0. The van der Waals surface area contributed by atoms with Crippen LogP contribution in [0.1, 0.15) is 78.6 Å². The number of rotatable bonds is 6. The average Bonchev–Trinajstić information content (AvgIpc) is 3.45. The van der Waals surface area contributed by atoms with Gasteiger partial charge in [-0.05, 0) is 111 Å². The second kappa shape index (κ2) is 9.39. The van der Waals surface area contributed by atoms with E-state index < -0.39 is 11.6 Å². The normalized spacial score (nSPS) is 39.3. The molecule has 202 valence electrons. The highest BCUT2D eigenvalue weighted by atomic mass is 19.2. The lowest BCUT2D eigenvalue weighted by molar-refractivity contribution is -0.158. The minimum atomic E-state index is -1.00. The van der Waals surface area contributed by atoms with Crippen molar-refractivity contribution in [3.05, 3.63) is 23.8 Å². The van der Waals surface area contributed by atoms with Gasteiger partial charge in [0.2, 0.25) is 0 Å². The lowest BCUT2D eigenvalue weighted by Gasteiger charge is -2.62. The number of fused-ring (bicyclic) bond motifs is 6. The molecule has 6 rings (SSSR count). The minimum absolute atomic E-state index is 0.0101. The summed E-state index contributed by atoms with van der Waals surface area (Å²) in [6.07, 6.45) is 10.8. The van der Waals surface area contributed by atoms with E-state index in [1.54, 1.807) is 0 Å². The largest absolute Gasteiger partial charge is 0.381 e. The SMILES string of the molecule is CCOCC12CCC(C)CC1CCC1C2CCC2(C)C1CC[C@@H]2C(=O)Cn1nc2ccc(F)c(F)c2n1. The first-order valence-corrected chi connectivity index (χ1v) is 14.6. The predicted octanol–water partition coefficient (Wildman–Crippen LogP) is 6.59. The molecule has 7 unspecified atom stereocenters. The van der Waals surface area contributed by atoms with Crippen molar-refractivity contribution in [3.8, 4) is 0 Å². The Balaban J connectivity index is 1.22. The van der Waals surface area contributed by atoms with Crippen molar-refractivity contribution >= 4 is 16.8 Å². The Bertz CT molecular complexity index is 1180. The lowest BCUT2D eigenvalue weighted by atomic mass is 9.44. The molecule has 0 radical (unpaired) electrons. The smallest absolute Gasteiger partial charge is 0.188 e. The zero-order valence-corrected chi connectivity index (χ0v) is 22.5. The van der Waals surface area contributed by atoms with E-state index in [9.17, 15) is 13.6 Å². The molecule has 0 amide bonds. The molecule has 0 spiro atoms. The molecule has 1 aromatic heterocycles. The van der Waals surface area contributed by atoms with Crippen LogP contribution in [-0.4, -0.2) is 34.0 Å². The maximum Gasteiger partial charge on any atom is 0.188 e. The molecular formula is C30H41F2N3O2. The summed E-state index contributed by atoms with van der Waals surface area (Å²) >= 11 is 0. The molecular weight excluding hydrogens is 472 g/mol. The fourth-order valence-corrected chi connectivity index (χ4v) is 9.65. The number of carbonyl (C=O) groups is 1. The molecule has 4 aliphatic carbocycles. The van der Waals surface area contributed by atoms with Crippen LogP contribution in [0, 0.1) is 58.0 Å². The Morgan fingerprint density at radius 3 is 2.73 bits per heavy atom. The molecule has 7 heteroatoms. The van der Waals surface area contributed by atoms with E-state index in [1.807, 2.05) is 0 Å². The molecule has 5 nitrogen and oxygen atoms in total. The number of aromatic nitrogens is 3. The van der Waals surface area contributed by atoms with E-state index in [-0.39, 0.29) is 34.7 Å². The number of nitrogens with zero attached hydrogens (tertiary/aromatic N) is 3. The van der Waals surface area contributed by atoms with Gasteiger partial charge in [-0.1, -0.05) is 20.3 Å². The molecule has 4 saturated carbocycles. The van der Waals surface area contributed by atoms with Crippen molar-refractivity contribution in [2.75, 3.05) is 13.2 Å². The van der Waals surface area contributed by atoms with Crippen LogP contribution in [0.3, 0.4) is 0 Å². The third kappa shape index (κ3) is 3.97. The van der Waals surface area contributed by atoms with Gasteiger partial charge >= 0.3 is 0 Å². The van der Waals surface area contributed by atoms with Crippen molar-refractivity contribution in [2.24, 2.45) is 46.3 Å². The molecule has 4 fully saturated rings. The van der Waals surface area contributed by atoms with E-state index >= 15 is 0 Å². The highest BCUT2D eigenvalue weighted by Gasteiger charge is 2.62. The van der Waals surface area contributed by atoms with Gasteiger partial charge in [0, 0.05) is 12.5 Å². The van der Waals surface area contributed by atoms with Gasteiger partial charge in [0.25, 0.3) is 0 Å². The standard InChI is InChI=1S/C30H41F2N3O2/c1-4-37-17-30-14-11-18(2)15-19(30)5-6-20-21-7-8-23(29(21,3)13-12-22(20)30)26(36)16-35-33-25-10-9-24(31)27(32)28(25)34-35/h9-10,18-23H,4-8,11-17H2,1-3H3/t18?,19?,20?,21?,22?,23-,29?,30?/m1/s1. The number of hydrogen-bond donors (Lipinski definition) is 0. The number of Topliss-reactive ketones (excluding diaryl/α,β-unsaturated/α-hetero) is 1. The van der Waals surface area contributed by atoms with Gasteiger partial charge in [-0.2, -0.15) is 9.90 Å². The van der Waals surface area contributed by atoms with Gasteiger partial charge in [0.15, 0.2) is 22.9 Å². The fourth-order valence-electron chi connectivity index (χ4n) is 9.65. The fraction of sp³-hybridized carbons (Fsp3) is 0.767. The molecule has 4 aliphatic rings. The van der Waals surface area contributed by atoms with Crippen LogP contribution in [0.15, 0.2) is 12.1 Å². The van der Waals surface area contributed by atoms with Gasteiger partial charge in [-0.15, -0.1) is 5.10 Å². The first kappa shape index (κ1) is 25.4. The molecule has 2 aromatic rings. The number of halogens is 2. The summed E-state index contributed by atoms with van der Waals surface area (Å²) in [5.41, 5.74) is 0.472. The Kier molecular flexibility index (Phi) is 6.44. The molecule has 0 N–H and O–H groups in total. The van der Waals surface area contributed by atoms with E-state index in [1.165, 1.54) is 49.4 Å². The van der Waals surface area contributed by atoms with Gasteiger partial charge < -0.3 is 4.74 Å². The molecule has 1 heterocycles. The van der Waals surface area contributed by atoms with Gasteiger partial charge in [0.05, 0.1) is 6.61 Å². The first-order valence-electron chi connectivity index (χ1n) is 14.6. The Morgan fingerprint density at radius 1 is 1.08 bits per heavy atom. The molecule has 8 atom stereocenters. The summed E-state index contributed by atoms with van der Waals surface area (Å²) in [6.45, 7) is 8.60. The Hall–Kier alpha value is -1.89. The van der Waals surface area contributed by atoms with E-state index in [0.29, 0.717) is 23.2 Å². The van der Waals surface area contributed by atoms with Crippen LogP contribution in [0.4, 0.5) is 8.78 Å². The van der Waals surface area contributed by atoms with Crippen molar-refractivity contribution in [3.63, 3.8) is 0 Å². The molecule has 0 aliphatic heterocycles. The second-order valence-electron chi connectivity index (χ2n) is 13.0. The summed E-state index contributed by atoms with van der Waals surface area (Å²) in [4.78, 5) is 14.9. The summed E-state index contributed by atoms with van der Waals surface area (Å²) in [5.74, 6) is 1.69. The summed E-state index contributed by atoms with van der Waals surface area (Å²) < 4.78 is 34.0. The van der Waals surface area contributed by atoms with E-state index in [4.69, 9.17) is 4.74 Å². The third-order valence-corrected chi connectivity index (χ3v) is 11.4. The van der Waals surface area contributed by atoms with E-state index in [0.717, 1.165) is 50.4 Å². The number of ketones is 1. The number of hydrogen-bond acceptors (Lipinski definition) is 4. The van der Waals surface area contributed by atoms with Crippen LogP contribution in [0.2, 0.25) is 0 Å². The molecule has 1 aromatic carbocycles. The molecule has 0 bridgehead atoms. The molecule has 37 heavy (non-hydrogen) atoms. The molecule has 0 saturated heterocycles. The lowest BCUT2D eigenvalue weighted by Crippen LogP contribution is -2.56. The topological polar surface area (TPSA) is 57.0 Å². The van der Waals surface area contributed by atoms with Crippen LogP contribution in [0.5, 0.6) is 0 Å². The van der Waals surface area contributed by atoms with Crippen molar-refractivity contribution in [2.45, 2.75) is 85.1 Å². The van der Waals surface area contributed by atoms with Crippen LogP contribution >= 0.6 is 0 Å². The number of ether oxygens (including phenoxy) is 1. The van der Waals surface area contributed by atoms with Crippen molar-refractivity contribution < 1.29 is 18.3 Å². The average molecular weight is 514 g/mol. The third-order valence-electron chi connectivity index (χ3n) is 11.4. The highest BCUT2D eigenvalue weighted by molar-refractivity contribution is 5.82. The Labute approximate surface area is 218 Å². The first-order chi connectivity index (χ1) is 17.8. The van der Waals surface area contributed by atoms with Gasteiger partial charge in [0.1, 0.15) is 12.1 Å². The minimum Gasteiger partial charge on any atom is -0.381 e. The Morgan fingerprint density at radius 2 is 1.92 bits per heavy atom. The summed E-state index contributed by atoms with van der Waals surface area (Å²) in [6, 6.07) is 2.47. The highest BCUT2D eigenvalue weighted by Crippen LogP contribution is 2.68.